The summed E-state index contributed by atoms with van der Waals surface area (Å²) in [6, 6.07) is 6.77. The topological polar surface area (TPSA) is 67.4 Å². The Morgan fingerprint density at radius 1 is 1.33 bits per heavy atom. The molecule has 6 heteroatoms. The van der Waals surface area contributed by atoms with Crippen LogP contribution in [0.1, 0.15) is 32.3 Å². The lowest BCUT2D eigenvalue weighted by molar-refractivity contribution is 0.0902. The van der Waals surface area contributed by atoms with E-state index in [1.807, 2.05) is 26.0 Å². The first-order valence-corrected chi connectivity index (χ1v) is 8.95. The summed E-state index contributed by atoms with van der Waals surface area (Å²) in [5.74, 6) is 0. The van der Waals surface area contributed by atoms with Crippen LogP contribution in [0.5, 0.6) is 0 Å². The van der Waals surface area contributed by atoms with Crippen molar-refractivity contribution in [2.75, 3.05) is 13.2 Å². The Labute approximate surface area is 127 Å². The van der Waals surface area contributed by atoms with Crippen LogP contribution in [-0.4, -0.2) is 33.7 Å². The highest BCUT2D eigenvalue weighted by Crippen LogP contribution is 2.18. The predicted octanol–water partition coefficient (Wildman–Crippen LogP) is 1.64. The van der Waals surface area contributed by atoms with Gasteiger partial charge in [0.05, 0.1) is 11.0 Å². The van der Waals surface area contributed by atoms with Crippen molar-refractivity contribution in [2.24, 2.45) is 0 Å². The molecule has 2 N–H and O–H groups in total. The van der Waals surface area contributed by atoms with Crippen molar-refractivity contribution >= 4 is 10.0 Å². The zero-order valence-corrected chi connectivity index (χ0v) is 13.4. The molecule has 0 aliphatic carbocycles. The van der Waals surface area contributed by atoms with E-state index in [9.17, 15) is 8.42 Å². The van der Waals surface area contributed by atoms with Gasteiger partial charge in [-0.1, -0.05) is 19.1 Å². The van der Waals surface area contributed by atoms with E-state index in [1.165, 1.54) is 0 Å². The number of rotatable bonds is 7. The van der Waals surface area contributed by atoms with Crippen LogP contribution in [0.25, 0.3) is 0 Å². The first-order chi connectivity index (χ1) is 10.0. The molecule has 0 bridgehead atoms. The van der Waals surface area contributed by atoms with Crippen molar-refractivity contribution < 1.29 is 13.2 Å². The van der Waals surface area contributed by atoms with Crippen LogP contribution in [-0.2, 0) is 21.3 Å². The van der Waals surface area contributed by atoms with E-state index in [4.69, 9.17) is 4.74 Å². The molecule has 1 aliphatic heterocycles. The third kappa shape index (κ3) is 4.51. The second-order valence-corrected chi connectivity index (χ2v) is 7.10. The molecule has 0 amide bonds. The van der Waals surface area contributed by atoms with E-state index in [2.05, 4.69) is 10.0 Å². The fraction of sp³-hybridized carbons (Fsp3) is 0.600. The van der Waals surface area contributed by atoms with Crippen molar-refractivity contribution in [3.63, 3.8) is 0 Å². The fourth-order valence-corrected chi connectivity index (χ4v) is 3.71. The molecule has 0 aromatic heterocycles. The number of hydrogen-bond acceptors (Lipinski definition) is 4. The van der Waals surface area contributed by atoms with E-state index in [0.717, 1.165) is 38.1 Å². The highest BCUT2D eigenvalue weighted by atomic mass is 32.2. The van der Waals surface area contributed by atoms with Crippen LogP contribution in [0.2, 0.25) is 0 Å². The quantitative estimate of drug-likeness (QED) is 0.803. The van der Waals surface area contributed by atoms with Crippen LogP contribution >= 0.6 is 0 Å². The van der Waals surface area contributed by atoms with Crippen LogP contribution in [0, 0.1) is 0 Å². The summed E-state index contributed by atoms with van der Waals surface area (Å²) in [5, 5.41) is 3.21. The van der Waals surface area contributed by atoms with Crippen molar-refractivity contribution in [2.45, 2.75) is 50.3 Å². The highest BCUT2D eigenvalue weighted by Gasteiger charge is 2.26. The SMILES string of the molecule is CCNCc1ccc(S(=O)(=O)NC(C)C2CCCO2)cc1. The summed E-state index contributed by atoms with van der Waals surface area (Å²) in [7, 11) is -3.48. The number of ether oxygens (including phenoxy) is 1. The minimum atomic E-state index is -3.48. The van der Waals surface area contributed by atoms with Crippen molar-refractivity contribution in [1.29, 1.82) is 0 Å². The van der Waals surface area contributed by atoms with Crippen molar-refractivity contribution in [3.8, 4) is 0 Å². The van der Waals surface area contributed by atoms with E-state index >= 15 is 0 Å². The molecular formula is C15H24N2O3S. The predicted molar refractivity (Wildman–Crippen MR) is 82.6 cm³/mol. The number of hydrogen-bond donors (Lipinski definition) is 2. The summed E-state index contributed by atoms with van der Waals surface area (Å²) in [5.41, 5.74) is 1.07. The van der Waals surface area contributed by atoms with Gasteiger partial charge in [-0.05, 0) is 44.0 Å². The molecule has 1 heterocycles. The molecule has 118 valence electrons. The van der Waals surface area contributed by atoms with Gasteiger partial charge in [0, 0.05) is 19.2 Å². The van der Waals surface area contributed by atoms with Gasteiger partial charge in [0.2, 0.25) is 10.0 Å². The first kappa shape index (κ1) is 16.4. The molecule has 0 radical (unpaired) electrons. The Hall–Kier alpha value is -0.950. The molecule has 0 spiro atoms. The second-order valence-electron chi connectivity index (χ2n) is 5.39. The van der Waals surface area contributed by atoms with Crippen LogP contribution in [0.15, 0.2) is 29.2 Å². The van der Waals surface area contributed by atoms with Gasteiger partial charge in [-0.2, -0.15) is 0 Å². The molecule has 1 aromatic carbocycles. The second kappa shape index (κ2) is 7.35. The zero-order chi connectivity index (χ0) is 15.3. The highest BCUT2D eigenvalue weighted by molar-refractivity contribution is 7.89. The molecule has 2 rings (SSSR count). The summed E-state index contributed by atoms with van der Waals surface area (Å²) in [6.45, 7) is 6.25. The molecule has 2 atom stereocenters. The smallest absolute Gasteiger partial charge is 0.240 e. The average Bonchev–Trinajstić information content (AvgIpc) is 2.99. The van der Waals surface area contributed by atoms with Gasteiger partial charge >= 0.3 is 0 Å². The van der Waals surface area contributed by atoms with Crippen LogP contribution in [0.3, 0.4) is 0 Å². The van der Waals surface area contributed by atoms with Gasteiger partial charge in [-0.3, -0.25) is 0 Å². The van der Waals surface area contributed by atoms with E-state index in [0.29, 0.717) is 4.90 Å². The molecule has 2 unspecified atom stereocenters. The Morgan fingerprint density at radius 3 is 2.62 bits per heavy atom. The van der Waals surface area contributed by atoms with Crippen LogP contribution < -0.4 is 10.0 Å². The lowest BCUT2D eigenvalue weighted by atomic mass is 10.1. The summed E-state index contributed by atoms with van der Waals surface area (Å²) in [4.78, 5) is 0.299. The first-order valence-electron chi connectivity index (χ1n) is 7.46. The average molecular weight is 312 g/mol. The van der Waals surface area contributed by atoms with E-state index < -0.39 is 10.0 Å². The van der Waals surface area contributed by atoms with E-state index in [1.54, 1.807) is 12.1 Å². The summed E-state index contributed by atoms with van der Waals surface area (Å²) in [6.07, 6.45) is 1.88. The maximum absolute atomic E-state index is 12.3. The number of nitrogens with one attached hydrogen (secondary N) is 2. The lowest BCUT2D eigenvalue weighted by Gasteiger charge is -2.20. The Balaban J connectivity index is 2.01. The van der Waals surface area contributed by atoms with Gasteiger partial charge < -0.3 is 10.1 Å². The van der Waals surface area contributed by atoms with E-state index in [-0.39, 0.29) is 12.1 Å². The molecule has 21 heavy (non-hydrogen) atoms. The van der Waals surface area contributed by atoms with Gasteiger partial charge in [-0.15, -0.1) is 0 Å². The Morgan fingerprint density at radius 2 is 2.05 bits per heavy atom. The van der Waals surface area contributed by atoms with Gasteiger partial charge in [-0.25, -0.2) is 13.1 Å². The maximum Gasteiger partial charge on any atom is 0.240 e. The van der Waals surface area contributed by atoms with Crippen LogP contribution in [0.4, 0.5) is 0 Å². The molecule has 1 saturated heterocycles. The number of benzene rings is 1. The van der Waals surface area contributed by atoms with Crippen molar-refractivity contribution in [1.82, 2.24) is 10.0 Å². The third-order valence-corrected chi connectivity index (χ3v) is 5.25. The zero-order valence-electron chi connectivity index (χ0n) is 12.6. The molecule has 0 saturated carbocycles. The van der Waals surface area contributed by atoms with Crippen molar-refractivity contribution in [3.05, 3.63) is 29.8 Å². The standard InChI is InChI=1S/C15H24N2O3S/c1-3-16-11-13-6-8-14(9-7-13)21(18,19)17-12(2)15-5-4-10-20-15/h6-9,12,15-17H,3-5,10-11H2,1-2H3. The molecule has 1 fully saturated rings. The van der Waals surface area contributed by atoms with Gasteiger partial charge in [0.15, 0.2) is 0 Å². The maximum atomic E-state index is 12.3. The lowest BCUT2D eigenvalue weighted by Crippen LogP contribution is -2.40. The van der Waals surface area contributed by atoms with Gasteiger partial charge in [0.25, 0.3) is 0 Å². The minimum absolute atomic E-state index is 0.0206. The molecule has 5 nitrogen and oxygen atoms in total. The molecule has 1 aromatic rings. The summed E-state index contributed by atoms with van der Waals surface area (Å²) < 4.78 is 32.9. The Bertz CT molecular complexity index is 537. The van der Waals surface area contributed by atoms with Gasteiger partial charge in [0.1, 0.15) is 0 Å². The normalized spacial score (nSPS) is 20.6. The summed E-state index contributed by atoms with van der Waals surface area (Å²) >= 11 is 0. The Kier molecular flexibility index (Phi) is 5.75. The minimum Gasteiger partial charge on any atom is -0.377 e. The largest absolute Gasteiger partial charge is 0.377 e. The monoisotopic (exact) mass is 312 g/mol. The third-order valence-electron chi connectivity index (χ3n) is 3.68. The number of sulfonamides is 1. The fourth-order valence-electron chi connectivity index (χ4n) is 2.44. The molecule has 1 aliphatic rings. The molecular weight excluding hydrogens is 288 g/mol.